The second kappa shape index (κ2) is 4.93. The van der Waals surface area contributed by atoms with Crippen LogP contribution in [0, 0.1) is 0 Å². The summed E-state index contributed by atoms with van der Waals surface area (Å²) >= 11 is 4.89. The Morgan fingerprint density at radius 3 is 2.57 bits per heavy atom. The van der Waals surface area contributed by atoms with Crippen LogP contribution in [0.3, 0.4) is 0 Å². The number of benzene rings is 2. The van der Waals surface area contributed by atoms with Gasteiger partial charge in [0, 0.05) is 5.56 Å². The van der Waals surface area contributed by atoms with Crippen LogP contribution in [0.2, 0.25) is 0 Å². The summed E-state index contributed by atoms with van der Waals surface area (Å²) in [5, 5.41) is 0. The molecule has 0 saturated heterocycles. The zero-order chi connectivity index (χ0) is 14.4. The highest BCUT2D eigenvalue weighted by Gasteiger charge is 2.20. The molecule has 1 aliphatic carbocycles. The summed E-state index contributed by atoms with van der Waals surface area (Å²) in [5.74, 6) is 0.0953. The molecule has 0 bridgehead atoms. The summed E-state index contributed by atoms with van der Waals surface area (Å²) in [7, 11) is 0. The van der Waals surface area contributed by atoms with Crippen LogP contribution in [0.4, 0.5) is 0 Å². The molecule has 3 aromatic rings. The van der Waals surface area contributed by atoms with Crippen molar-refractivity contribution in [2.24, 2.45) is 0 Å². The van der Waals surface area contributed by atoms with Crippen molar-refractivity contribution in [1.29, 1.82) is 0 Å². The Kier molecular flexibility index (Phi) is 3.05. The number of hydrogen-bond donors (Lipinski definition) is 0. The number of carbonyl (C=O) groups is 1. The lowest BCUT2D eigenvalue weighted by atomic mass is 10.0. The van der Waals surface area contributed by atoms with Gasteiger partial charge in [-0.2, -0.15) is 0 Å². The van der Waals surface area contributed by atoms with E-state index in [1.165, 1.54) is 33.6 Å². The van der Waals surface area contributed by atoms with Crippen molar-refractivity contribution in [3.8, 4) is 11.1 Å². The lowest BCUT2D eigenvalue weighted by molar-refractivity contribution is 0.104. The van der Waals surface area contributed by atoms with Gasteiger partial charge in [-0.1, -0.05) is 36.4 Å². The molecule has 0 atom stereocenters. The molecule has 0 unspecified atom stereocenters. The minimum absolute atomic E-state index is 0.0953. The average Bonchev–Trinajstić information content (AvgIpc) is 3.09. The van der Waals surface area contributed by atoms with E-state index in [-0.39, 0.29) is 5.78 Å². The molecule has 102 valence electrons. The standard InChI is InChI=1S/C18H11BrOS/c19-17-8-7-16(21-17)18(20)13-6-5-12-9-11-3-1-2-4-14(11)15(12)10-13/h1-8,10H,9H2. The van der Waals surface area contributed by atoms with Crippen LogP contribution in [-0.4, -0.2) is 5.78 Å². The van der Waals surface area contributed by atoms with Gasteiger partial charge in [-0.3, -0.25) is 4.79 Å². The predicted molar refractivity (Wildman–Crippen MR) is 90.1 cm³/mol. The van der Waals surface area contributed by atoms with E-state index in [4.69, 9.17) is 0 Å². The van der Waals surface area contributed by atoms with Gasteiger partial charge < -0.3 is 0 Å². The quantitative estimate of drug-likeness (QED) is 0.445. The Balaban J connectivity index is 1.79. The second-order valence-corrected chi connectivity index (χ2v) is 7.60. The Labute approximate surface area is 135 Å². The zero-order valence-electron chi connectivity index (χ0n) is 11.1. The van der Waals surface area contributed by atoms with Crippen LogP contribution in [-0.2, 0) is 6.42 Å². The summed E-state index contributed by atoms with van der Waals surface area (Å²) in [6, 6.07) is 18.3. The monoisotopic (exact) mass is 354 g/mol. The molecule has 0 spiro atoms. The van der Waals surface area contributed by atoms with Crippen molar-refractivity contribution in [3.05, 3.63) is 80.0 Å². The molecule has 1 nitrogen and oxygen atoms in total. The fourth-order valence-corrected chi connectivity index (χ4v) is 4.19. The Bertz CT molecular complexity index is 863. The first kappa shape index (κ1) is 13.0. The van der Waals surface area contributed by atoms with Gasteiger partial charge in [0.05, 0.1) is 8.66 Å². The first-order valence-electron chi connectivity index (χ1n) is 6.73. The fourth-order valence-electron chi connectivity index (χ4n) is 2.84. The van der Waals surface area contributed by atoms with E-state index in [0.717, 1.165) is 20.6 Å². The van der Waals surface area contributed by atoms with Crippen molar-refractivity contribution >= 4 is 33.0 Å². The van der Waals surface area contributed by atoms with Gasteiger partial charge in [0.15, 0.2) is 0 Å². The molecule has 3 heteroatoms. The van der Waals surface area contributed by atoms with Gasteiger partial charge in [-0.05, 0) is 62.8 Å². The van der Waals surface area contributed by atoms with Crippen LogP contribution in [0.5, 0.6) is 0 Å². The molecule has 0 saturated carbocycles. The maximum atomic E-state index is 12.6. The van der Waals surface area contributed by atoms with Crippen molar-refractivity contribution in [3.63, 3.8) is 0 Å². The molecule has 1 aromatic heterocycles. The van der Waals surface area contributed by atoms with Gasteiger partial charge in [0.1, 0.15) is 0 Å². The molecule has 21 heavy (non-hydrogen) atoms. The molecular weight excluding hydrogens is 344 g/mol. The zero-order valence-corrected chi connectivity index (χ0v) is 13.5. The lowest BCUT2D eigenvalue weighted by Gasteiger charge is -2.04. The van der Waals surface area contributed by atoms with E-state index in [2.05, 4.69) is 46.3 Å². The molecule has 0 aliphatic heterocycles. The molecule has 0 N–H and O–H groups in total. The van der Waals surface area contributed by atoms with Crippen LogP contribution >= 0.6 is 27.3 Å². The number of thiophene rings is 1. The lowest BCUT2D eigenvalue weighted by Crippen LogP contribution is -1.99. The van der Waals surface area contributed by atoms with E-state index in [1.807, 2.05) is 24.3 Å². The van der Waals surface area contributed by atoms with Gasteiger partial charge >= 0.3 is 0 Å². The SMILES string of the molecule is O=C(c1ccc2c(c1)-c1ccccc1C2)c1ccc(Br)s1. The largest absolute Gasteiger partial charge is 0.288 e. The molecule has 0 amide bonds. The summed E-state index contributed by atoms with van der Waals surface area (Å²) < 4.78 is 0.984. The summed E-state index contributed by atoms with van der Waals surface area (Å²) in [6.45, 7) is 0. The number of ketones is 1. The molecule has 0 fully saturated rings. The maximum Gasteiger partial charge on any atom is 0.203 e. The normalized spacial score (nSPS) is 12.0. The highest BCUT2D eigenvalue weighted by Crippen LogP contribution is 2.37. The first-order chi connectivity index (χ1) is 10.2. The van der Waals surface area contributed by atoms with Crippen molar-refractivity contribution < 1.29 is 4.79 Å². The van der Waals surface area contributed by atoms with Crippen LogP contribution < -0.4 is 0 Å². The third-order valence-corrected chi connectivity index (χ3v) is 5.48. The third-order valence-electron chi connectivity index (χ3n) is 3.86. The molecular formula is C18H11BrOS. The number of halogens is 1. The van der Waals surface area contributed by atoms with E-state index in [9.17, 15) is 4.79 Å². The van der Waals surface area contributed by atoms with Gasteiger partial charge in [0.25, 0.3) is 0 Å². The molecule has 0 radical (unpaired) electrons. The van der Waals surface area contributed by atoms with Crippen LogP contribution in [0.25, 0.3) is 11.1 Å². The first-order valence-corrected chi connectivity index (χ1v) is 8.34. The van der Waals surface area contributed by atoms with Crippen LogP contribution in [0.15, 0.2) is 58.4 Å². The smallest absolute Gasteiger partial charge is 0.203 e. The predicted octanol–water partition coefficient (Wildman–Crippen LogP) is 5.31. The fraction of sp³-hybridized carbons (Fsp3) is 0.0556. The highest BCUT2D eigenvalue weighted by atomic mass is 79.9. The van der Waals surface area contributed by atoms with E-state index < -0.39 is 0 Å². The number of carbonyl (C=O) groups excluding carboxylic acids is 1. The van der Waals surface area contributed by atoms with Crippen molar-refractivity contribution in [1.82, 2.24) is 0 Å². The summed E-state index contributed by atoms with van der Waals surface area (Å²) in [5.41, 5.74) is 5.87. The van der Waals surface area contributed by atoms with Gasteiger partial charge in [0.2, 0.25) is 5.78 Å². The van der Waals surface area contributed by atoms with E-state index in [0.29, 0.717) is 0 Å². The Morgan fingerprint density at radius 1 is 0.952 bits per heavy atom. The second-order valence-electron chi connectivity index (χ2n) is 5.14. The summed E-state index contributed by atoms with van der Waals surface area (Å²) in [4.78, 5) is 13.3. The molecule has 1 aliphatic rings. The number of hydrogen-bond acceptors (Lipinski definition) is 2. The summed E-state index contributed by atoms with van der Waals surface area (Å²) in [6.07, 6.45) is 0.963. The molecule has 2 aromatic carbocycles. The van der Waals surface area contributed by atoms with E-state index in [1.54, 1.807) is 0 Å². The third kappa shape index (κ3) is 2.17. The minimum Gasteiger partial charge on any atom is -0.288 e. The molecule has 4 rings (SSSR count). The average molecular weight is 355 g/mol. The topological polar surface area (TPSA) is 17.1 Å². The molecule has 1 heterocycles. The van der Waals surface area contributed by atoms with E-state index >= 15 is 0 Å². The maximum absolute atomic E-state index is 12.6. The Morgan fingerprint density at radius 2 is 1.76 bits per heavy atom. The van der Waals surface area contributed by atoms with Gasteiger partial charge in [-0.15, -0.1) is 11.3 Å². The number of rotatable bonds is 2. The Hall–Kier alpha value is -1.71. The van der Waals surface area contributed by atoms with Crippen molar-refractivity contribution in [2.75, 3.05) is 0 Å². The van der Waals surface area contributed by atoms with Gasteiger partial charge in [-0.25, -0.2) is 0 Å². The highest BCUT2D eigenvalue weighted by molar-refractivity contribution is 9.11. The van der Waals surface area contributed by atoms with Crippen LogP contribution in [0.1, 0.15) is 26.4 Å². The minimum atomic E-state index is 0.0953. The number of fused-ring (bicyclic) bond motifs is 3. The van der Waals surface area contributed by atoms with Crippen molar-refractivity contribution in [2.45, 2.75) is 6.42 Å².